The highest BCUT2D eigenvalue weighted by molar-refractivity contribution is 5.66. The van der Waals surface area contributed by atoms with E-state index in [-0.39, 0.29) is 11.7 Å². The van der Waals surface area contributed by atoms with Crippen molar-refractivity contribution in [2.75, 3.05) is 11.4 Å². The molecule has 1 aromatic heterocycles. The Bertz CT molecular complexity index is 476. The van der Waals surface area contributed by atoms with Crippen molar-refractivity contribution in [2.24, 2.45) is 0 Å². The van der Waals surface area contributed by atoms with E-state index in [4.69, 9.17) is 0 Å². The number of aromatic nitrogens is 1. The zero-order valence-corrected chi connectivity index (χ0v) is 10.2. The van der Waals surface area contributed by atoms with Gasteiger partial charge in [0.15, 0.2) is 0 Å². The second-order valence-electron chi connectivity index (χ2n) is 4.48. The molecule has 1 aromatic rings. The van der Waals surface area contributed by atoms with Gasteiger partial charge >= 0.3 is 0 Å². The lowest BCUT2D eigenvalue weighted by Crippen LogP contribution is -2.41. The van der Waals surface area contributed by atoms with Crippen LogP contribution in [0.1, 0.15) is 24.8 Å². The standard InChI is InChI=1S/C12H15N3O3/c1-9-7-13-12(6-11(9)15(17)18)14-5-3-2-4-10(14)8-16/h6-8,10H,2-5H2,1H3. The molecule has 96 valence electrons. The number of rotatable bonds is 3. The first kappa shape index (κ1) is 12.5. The number of aryl methyl sites for hydroxylation is 1. The fraction of sp³-hybridized carbons (Fsp3) is 0.500. The molecule has 1 atom stereocenters. The van der Waals surface area contributed by atoms with Gasteiger partial charge in [0.05, 0.1) is 17.0 Å². The zero-order valence-electron chi connectivity index (χ0n) is 10.2. The van der Waals surface area contributed by atoms with Crippen molar-refractivity contribution >= 4 is 17.8 Å². The van der Waals surface area contributed by atoms with Gasteiger partial charge in [0, 0.05) is 18.3 Å². The van der Waals surface area contributed by atoms with Crippen molar-refractivity contribution in [3.8, 4) is 0 Å². The Morgan fingerprint density at radius 3 is 3.00 bits per heavy atom. The molecule has 0 aromatic carbocycles. The predicted octanol–water partition coefficient (Wildman–Crippen LogP) is 1.86. The van der Waals surface area contributed by atoms with Gasteiger partial charge in [-0.3, -0.25) is 10.1 Å². The first-order chi connectivity index (χ1) is 8.63. The summed E-state index contributed by atoms with van der Waals surface area (Å²) in [5.41, 5.74) is 0.582. The molecule has 2 heterocycles. The summed E-state index contributed by atoms with van der Waals surface area (Å²) in [6.07, 6.45) is 5.16. The third-order valence-electron chi connectivity index (χ3n) is 3.26. The van der Waals surface area contributed by atoms with Gasteiger partial charge in [0.25, 0.3) is 5.69 Å². The van der Waals surface area contributed by atoms with Crippen molar-refractivity contribution in [1.82, 2.24) is 4.98 Å². The summed E-state index contributed by atoms with van der Waals surface area (Å²) in [6, 6.07) is 1.24. The van der Waals surface area contributed by atoms with E-state index >= 15 is 0 Å². The van der Waals surface area contributed by atoms with Crippen LogP contribution in [0.5, 0.6) is 0 Å². The Balaban J connectivity index is 2.34. The van der Waals surface area contributed by atoms with Gasteiger partial charge in [-0.05, 0) is 26.2 Å². The van der Waals surface area contributed by atoms with E-state index in [1.165, 1.54) is 12.3 Å². The van der Waals surface area contributed by atoms with Gasteiger partial charge in [-0.25, -0.2) is 4.98 Å². The summed E-state index contributed by atoms with van der Waals surface area (Å²) >= 11 is 0. The second-order valence-corrected chi connectivity index (χ2v) is 4.48. The molecule has 0 radical (unpaired) electrons. The first-order valence-corrected chi connectivity index (χ1v) is 5.96. The summed E-state index contributed by atoms with van der Waals surface area (Å²) in [7, 11) is 0. The van der Waals surface area contributed by atoms with Gasteiger partial charge < -0.3 is 9.69 Å². The van der Waals surface area contributed by atoms with E-state index in [1.807, 2.05) is 4.90 Å². The number of anilines is 1. The maximum Gasteiger partial charge on any atom is 0.277 e. The van der Waals surface area contributed by atoms with Gasteiger partial charge in [-0.1, -0.05) is 0 Å². The second kappa shape index (κ2) is 5.12. The molecule has 1 unspecified atom stereocenters. The highest BCUT2D eigenvalue weighted by atomic mass is 16.6. The van der Waals surface area contributed by atoms with Gasteiger partial charge in [0.1, 0.15) is 12.1 Å². The molecule has 6 heteroatoms. The summed E-state index contributed by atoms with van der Waals surface area (Å²) in [6.45, 7) is 2.37. The third-order valence-corrected chi connectivity index (χ3v) is 3.26. The number of nitrogens with zero attached hydrogens (tertiary/aromatic N) is 3. The molecule has 0 spiro atoms. The van der Waals surface area contributed by atoms with Crippen LogP contribution in [0, 0.1) is 17.0 Å². The summed E-state index contributed by atoms with van der Waals surface area (Å²) in [5, 5.41) is 10.9. The molecular weight excluding hydrogens is 234 g/mol. The molecule has 1 fully saturated rings. The number of hydrogen-bond acceptors (Lipinski definition) is 5. The number of carbonyl (C=O) groups excluding carboxylic acids is 1. The van der Waals surface area contributed by atoms with Crippen LogP contribution in [0.25, 0.3) is 0 Å². The maximum atomic E-state index is 11.0. The highest BCUT2D eigenvalue weighted by Gasteiger charge is 2.24. The van der Waals surface area contributed by atoms with Crippen molar-refractivity contribution in [3.63, 3.8) is 0 Å². The Morgan fingerprint density at radius 1 is 1.56 bits per heavy atom. The summed E-state index contributed by atoms with van der Waals surface area (Å²) in [4.78, 5) is 27.6. The Hall–Kier alpha value is -1.98. The van der Waals surface area contributed by atoms with Gasteiger partial charge in [-0.15, -0.1) is 0 Å². The largest absolute Gasteiger partial charge is 0.347 e. The molecule has 1 saturated heterocycles. The molecule has 0 saturated carbocycles. The third kappa shape index (κ3) is 2.32. The molecule has 6 nitrogen and oxygen atoms in total. The van der Waals surface area contributed by atoms with Crippen molar-refractivity contribution in [3.05, 3.63) is 27.9 Å². The van der Waals surface area contributed by atoms with Crippen LogP contribution in [-0.4, -0.2) is 28.8 Å². The Labute approximate surface area is 105 Å². The maximum absolute atomic E-state index is 11.0. The highest BCUT2D eigenvalue weighted by Crippen LogP contribution is 2.26. The van der Waals surface area contributed by atoms with Crippen LogP contribution in [-0.2, 0) is 4.79 Å². The van der Waals surface area contributed by atoms with E-state index in [2.05, 4.69) is 4.98 Å². The molecule has 1 aliphatic rings. The normalized spacial score (nSPS) is 19.6. The van der Waals surface area contributed by atoms with Crippen molar-refractivity contribution < 1.29 is 9.72 Å². The SMILES string of the molecule is Cc1cnc(N2CCCCC2C=O)cc1[N+](=O)[O-]. The molecule has 0 amide bonds. The number of carbonyl (C=O) groups is 1. The van der Waals surface area contributed by atoms with Crippen LogP contribution >= 0.6 is 0 Å². The van der Waals surface area contributed by atoms with E-state index in [0.717, 1.165) is 32.1 Å². The fourth-order valence-electron chi connectivity index (χ4n) is 2.24. The first-order valence-electron chi connectivity index (χ1n) is 5.96. The smallest absolute Gasteiger partial charge is 0.277 e. The number of hydrogen-bond donors (Lipinski definition) is 0. The fourth-order valence-corrected chi connectivity index (χ4v) is 2.24. The monoisotopic (exact) mass is 249 g/mol. The van der Waals surface area contributed by atoms with E-state index < -0.39 is 4.92 Å². The molecule has 1 aliphatic heterocycles. The lowest BCUT2D eigenvalue weighted by Gasteiger charge is -2.33. The average molecular weight is 249 g/mol. The zero-order chi connectivity index (χ0) is 13.1. The van der Waals surface area contributed by atoms with Crippen molar-refractivity contribution in [2.45, 2.75) is 32.2 Å². The Morgan fingerprint density at radius 2 is 2.33 bits per heavy atom. The minimum atomic E-state index is -0.416. The summed E-state index contributed by atoms with van der Waals surface area (Å²) in [5.74, 6) is 0.518. The number of pyridine rings is 1. The lowest BCUT2D eigenvalue weighted by atomic mass is 10.0. The van der Waals surface area contributed by atoms with Crippen molar-refractivity contribution in [1.29, 1.82) is 0 Å². The van der Waals surface area contributed by atoms with Gasteiger partial charge in [0.2, 0.25) is 0 Å². The van der Waals surface area contributed by atoms with Crippen LogP contribution in [0.15, 0.2) is 12.3 Å². The van der Waals surface area contributed by atoms with Crippen LogP contribution in [0.4, 0.5) is 11.5 Å². The molecule has 18 heavy (non-hydrogen) atoms. The Kier molecular flexibility index (Phi) is 3.55. The minimum Gasteiger partial charge on any atom is -0.347 e. The van der Waals surface area contributed by atoms with Gasteiger partial charge in [-0.2, -0.15) is 0 Å². The predicted molar refractivity (Wildman–Crippen MR) is 66.7 cm³/mol. The lowest BCUT2D eigenvalue weighted by molar-refractivity contribution is -0.385. The molecule has 0 bridgehead atoms. The summed E-state index contributed by atoms with van der Waals surface area (Å²) < 4.78 is 0. The number of nitro groups is 1. The molecule has 0 aliphatic carbocycles. The van der Waals surface area contributed by atoms with Crippen LogP contribution in [0.2, 0.25) is 0 Å². The topological polar surface area (TPSA) is 76.3 Å². The van der Waals surface area contributed by atoms with E-state index in [0.29, 0.717) is 11.4 Å². The van der Waals surface area contributed by atoms with Crippen LogP contribution in [0.3, 0.4) is 0 Å². The molecule has 2 rings (SSSR count). The number of piperidine rings is 1. The minimum absolute atomic E-state index is 0.0511. The quantitative estimate of drug-likeness (QED) is 0.464. The molecule has 0 N–H and O–H groups in total. The van der Waals surface area contributed by atoms with Crippen LogP contribution < -0.4 is 4.90 Å². The average Bonchev–Trinajstić information content (AvgIpc) is 2.39. The van der Waals surface area contributed by atoms with E-state index in [1.54, 1.807) is 6.92 Å². The van der Waals surface area contributed by atoms with E-state index in [9.17, 15) is 14.9 Å². The number of aldehydes is 1. The molecular formula is C12H15N3O3.